The number of rotatable bonds is 10. The van der Waals surface area contributed by atoms with Gasteiger partial charge in [0.2, 0.25) is 0 Å². The highest BCUT2D eigenvalue weighted by molar-refractivity contribution is 6.21. The average molecular weight is 670 g/mol. The van der Waals surface area contributed by atoms with Crippen LogP contribution in [0.1, 0.15) is 35.2 Å². The van der Waals surface area contributed by atoms with Gasteiger partial charge in [-0.05, 0) is 98.3 Å². The number of fused-ring (bicyclic) bond motifs is 3. The fraction of sp³-hybridized carbons (Fsp3) is 0.0612. The van der Waals surface area contributed by atoms with Crippen molar-refractivity contribution >= 4 is 50.5 Å². The molecule has 0 radical (unpaired) electrons. The van der Waals surface area contributed by atoms with Crippen molar-refractivity contribution in [2.24, 2.45) is 4.99 Å². The molecule has 0 amide bonds. The highest BCUT2D eigenvalue weighted by Crippen LogP contribution is 2.44. The molecule has 0 saturated carbocycles. The molecule has 3 heteroatoms. The molecule has 52 heavy (non-hydrogen) atoms. The van der Waals surface area contributed by atoms with Gasteiger partial charge in [0.05, 0.1) is 11.2 Å². The van der Waals surface area contributed by atoms with Gasteiger partial charge in [0, 0.05) is 41.0 Å². The van der Waals surface area contributed by atoms with E-state index in [1.54, 1.807) is 0 Å². The van der Waals surface area contributed by atoms with Crippen molar-refractivity contribution in [3.05, 3.63) is 193 Å². The first-order valence-electron chi connectivity index (χ1n) is 17.7. The molecule has 7 aromatic carbocycles. The summed E-state index contributed by atoms with van der Waals surface area (Å²) in [7, 11) is 0. The van der Waals surface area contributed by atoms with Crippen molar-refractivity contribution in [2.75, 3.05) is 6.54 Å². The summed E-state index contributed by atoms with van der Waals surface area (Å²) in [5, 5.41) is 14.2. The summed E-state index contributed by atoms with van der Waals surface area (Å²) >= 11 is 0. The molecule has 0 saturated heterocycles. The van der Waals surface area contributed by atoms with Crippen molar-refractivity contribution in [1.82, 2.24) is 4.57 Å². The van der Waals surface area contributed by atoms with Crippen LogP contribution in [0.3, 0.4) is 0 Å². The Balaban J connectivity index is 1.22. The van der Waals surface area contributed by atoms with E-state index in [0.717, 1.165) is 39.1 Å². The Kier molecular flexibility index (Phi) is 8.76. The Hall–Kier alpha value is -6.58. The molecule has 0 aliphatic carbocycles. The average Bonchev–Trinajstić information content (AvgIpc) is 3.53. The van der Waals surface area contributed by atoms with Crippen LogP contribution in [-0.2, 0) is 0 Å². The fourth-order valence-corrected chi connectivity index (χ4v) is 7.67. The molecule has 0 fully saturated rings. The number of benzene rings is 7. The molecule has 1 atom stereocenters. The largest absolute Gasteiger partial charge is 0.309 e. The van der Waals surface area contributed by atoms with E-state index in [4.69, 9.17) is 10.4 Å². The quantitative estimate of drug-likeness (QED) is 0.0855. The zero-order valence-corrected chi connectivity index (χ0v) is 29.3. The van der Waals surface area contributed by atoms with Crippen LogP contribution in [0.5, 0.6) is 0 Å². The second-order valence-corrected chi connectivity index (χ2v) is 13.2. The number of aliphatic imine (C=N–C) groups is 1. The third kappa shape index (κ3) is 5.67. The van der Waals surface area contributed by atoms with Crippen LogP contribution in [0.25, 0.3) is 66.5 Å². The number of aromatic nitrogens is 1. The van der Waals surface area contributed by atoms with Crippen molar-refractivity contribution in [1.29, 1.82) is 5.41 Å². The summed E-state index contributed by atoms with van der Waals surface area (Å²) in [5.74, 6) is 0.0158. The lowest BCUT2D eigenvalue weighted by Gasteiger charge is -2.20. The van der Waals surface area contributed by atoms with E-state index in [1.807, 2.05) is 30.4 Å². The van der Waals surface area contributed by atoms with E-state index in [2.05, 4.69) is 158 Å². The Bertz CT molecular complexity index is 2650. The van der Waals surface area contributed by atoms with Gasteiger partial charge in [-0.2, -0.15) is 0 Å². The lowest BCUT2D eigenvalue weighted by molar-refractivity contribution is 0.853. The Morgan fingerprint density at radius 3 is 1.83 bits per heavy atom. The summed E-state index contributed by atoms with van der Waals surface area (Å²) in [6.07, 6.45) is 5.28. The lowest BCUT2D eigenvalue weighted by Crippen LogP contribution is -2.04. The summed E-state index contributed by atoms with van der Waals surface area (Å²) < 4.78 is 2.17. The number of para-hydroxylation sites is 1. The first kappa shape index (κ1) is 32.6. The normalized spacial score (nSPS) is 12.3. The van der Waals surface area contributed by atoms with Gasteiger partial charge in [-0.1, -0.05) is 134 Å². The minimum atomic E-state index is 0.0158. The molecule has 8 aromatic rings. The zero-order valence-electron chi connectivity index (χ0n) is 29.3. The van der Waals surface area contributed by atoms with E-state index < -0.39 is 0 Å². The number of nitrogens with one attached hydrogen (secondary N) is 1. The molecule has 1 N–H and O–H groups in total. The second kappa shape index (κ2) is 14.0. The number of nitrogens with zero attached hydrogens (tertiary/aromatic N) is 2. The summed E-state index contributed by atoms with van der Waals surface area (Å²) in [5.41, 5.74) is 11.9. The van der Waals surface area contributed by atoms with Gasteiger partial charge in [0.1, 0.15) is 0 Å². The molecule has 0 aliphatic rings. The van der Waals surface area contributed by atoms with Crippen molar-refractivity contribution in [2.45, 2.75) is 12.8 Å². The molecule has 1 unspecified atom stereocenters. The van der Waals surface area contributed by atoms with Gasteiger partial charge in [-0.15, -0.1) is 6.58 Å². The second-order valence-electron chi connectivity index (χ2n) is 13.2. The van der Waals surface area contributed by atoms with Crippen LogP contribution < -0.4 is 0 Å². The standard InChI is InChI=1S/C49H39N3/c1-4-34(32-51-33(3)37-26-28-47-43(29-37)45(31-50)46(5-2)52(47)39-21-13-8-14-22-39)38-25-27-42-44(30-38)49(36-19-11-7-12-20-36)41-24-16-15-23-40(41)48(42)35-17-9-6-10-18-35/h4-31,34,50H,1-2,32H2,3H3. The maximum Gasteiger partial charge on any atom is 0.0550 e. The van der Waals surface area contributed by atoms with Gasteiger partial charge in [-0.25, -0.2) is 0 Å². The van der Waals surface area contributed by atoms with Gasteiger partial charge < -0.3 is 9.98 Å². The minimum absolute atomic E-state index is 0.0158. The van der Waals surface area contributed by atoms with Crippen molar-refractivity contribution < 1.29 is 0 Å². The SMILES string of the molecule is C=Cc1c(C=N)c2cc(C(C)=NCC(C=C)c3ccc4c(-c5ccccc5)c5ccccc5c(-c5ccccc5)c4c3)ccc2n1-c1ccccc1. The molecule has 0 spiro atoms. The van der Waals surface area contributed by atoms with E-state index in [9.17, 15) is 0 Å². The molecular weight excluding hydrogens is 631 g/mol. The van der Waals surface area contributed by atoms with Crippen LogP contribution in [-0.4, -0.2) is 23.0 Å². The predicted octanol–water partition coefficient (Wildman–Crippen LogP) is 12.7. The maximum absolute atomic E-state index is 8.29. The highest BCUT2D eigenvalue weighted by atomic mass is 15.0. The zero-order chi connectivity index (χ0) is 35.6. The van der Waals surface area contributed by atoms with Gasteiger partial charge in [-0.3, -0.25) is 4.99 Å². The van der Waals surface area contributed by atoms with Gasteiger partial charge >= 0.3 is 0 Å². The molecular formula is C49H39N3. The predicted molar refractivity (Wildman–Crippen MR) is 224 cm³/mol. The molecule has 250 valence electrons. The molecule has 3 nitrogen and oxygen atoms in total. The van der Waals surface area contributed by atoms with Crippen LogP contribution in [0, 0.1) is 5.41 Å². The first-order valence-corrected chi connectivity index (χ1v) is 17.7. The summed E-state index contributed by atoms with van der Waals surface area (Å²) in [6, 6.07) is 53.8. The number of hydrogen-bond acceptors (Lipinski definition) is 2. The Morgan fingerprint density at radius 1 is 0.654 bits per heavy atom. The molecule has 0 bridgehead atoms. The lowest BCUT2D eigenvalue weighted by atomic mass is 9.84. The highest BCUT2D eigenvalue weighted by Gasteiger charge is 2.19. The molecule has 1 aromatic heterocycles. The van der Waals surface area contributed by atoms with Crippen LogP contribution in [0.15, 0.2) is 176 Å². The monoisotopic (exact) mass is 669 g/mol. The summed E-state index contributed by atoms with van der Waals surface area (Å²) in [6.45, 7) is 11.0. The van der Waals surface area contributed by atoms with Crippen LogP contribution >= 0.6 is 0 Å². The topological polar surface area (TPSA) is 41.1 Å². The molecule has 0 aliphatic heterocycles. The van der Waals surface area contributed by atoms with E-state index in [-0.39, 0.29) is 5.92 Å². The Labute approximate surface area is 305 Å². The van der Waals surface area contributed by atoms with E-state index in [1.165, 1.54) is 55.6 Å². The smallest absolute Gasteiger partial charge is 0.0550 e. The van der Waals surface area contributed by atoms with Gasteiger partial charge in [0.15, 0.2) is 0 Å². The van der Waals surface area contributed by atoms with Crippen LogP contribution in [0.4, 0.5) is 0 Å². The van der Waals surface area contributed by atoms with E-state index in [0.29, 0.717) is 6.54 Å². The first-order chi connectivity index (χ1) is 25.6. The molecule has 1 heterocycles. The van der Waals surface area contributed by atoms with E-state index >= 15 is 0 Å². The van der Waals surface area contributed by atoms with Gasteiger partial charge in [0.25, 0.3) is 0 Å². The van der Waals surface area contributed by atoms with Crippen molar-refractivity contribution in [3.63, 3.8) is 0 Å². The molecule has 8 rings (SSSR count). The van der Waals surface area contributed by atoms with Crippen LogP contribution in [0.2, 0.25) is 0 Å². The third-order valence-corrected chi connectivity index (χ3v) is 10.2. The van der Waals surface area contributed by atoms with Crippen molar-refractivity contribution in [3.8, 4) is 27.9 Å². The minimum Gasteiger partial charge on any atom is -0.309 e. The maximum atomic E-state index is 8.29. The Morgan fingerprint density at radius 2 is 1.23 bits per heavy atom. The number of hydrogen-bond donors (Lipinski definition) is 1. The fourth-order valence-electron chi connectivity index (χ4n) is 7.67. The third-order valence-electron chi connectivity index (χ3n) is 10.2. The summed E-state index contributed by atoms with van der Waals surface area (Å²) in [4.78, 5) is 5.15.